The predicted molar refractivity (Wildman–Crippen MR) is 111 cm³/mol. The Morgan fingerprint density at radius 3 is 2.76 bits per heavy atom. The van der Waals surface area contributed by atoms with Gasteiger partial charge < -0.3 is 5.32 Å². The molecule has 0 aliphatic carbocycles. The molecule has 0 spiro atoms. The molecule has 0 saturated carbocycles. The molecule has 1 amide bonds. The van der Waals surface area contributed by atoms with Gasteiger partial charge in [-0.05, 0) is 42.3 Å². The molecule has 3 nitrogen and oxygen atoms in total. The van der Waals surface area contributed by atoms with Crippen molar-refractivity contribution < 1.29 is 4.79 Å². The van der Waals surface area contributed by atoms with Crippen LogP contribution >= 0.6 is 39.3 Å². The molecule has 1 fully saturated rings. The molecule has 2 aromatic carbocycles. The molecule has 1 aliphatic rings. The summed E-state index contributed by atoms with van der Waals surface area (Å²) in [6.07, 6.45) is 0. The van der Waals surface area contributed by atoms with Gasteiger partial charge in [-0.2, -0.15) is 11.8 Å². The highest BCUT2D eigenvalue weighted by molar-refractivity contribution is 9.10. The standard InChI is InChI=1S/C19H20BrClN2OS/c1-13-14(12-23-7-9-25-10-8-23)3-2-4-18(13)22-19(24)16-6-5-15(20)11-17(16)21/h2-6,11H,7-10,12H2,1H3,(H,22,24). The van der Waals surface area contributed by atoms with Gasteiger partial charge in [-0.1, -0.05) is 39.7 Å². The van der Waals surface area contributed by atoms with Crippen LogP contribution in [0.25, 0.3) is 0 Å². The summed E-state index contributed by atoms with van der Waals surface area (Å²) >= 11 is 11.6. The van der Waals surface area contributed by atoms with E-state index in [-0.39, 0.29) is 5.91 Å². The van der Waals surface area contributed by atoms with Gasteiger partial charge in [-0.25, -0.2) is 0 Å². The molecule has 1 N–H and O–H groups in total. The van der Waals surface area contributed by atoms with Crippen molar-refractivity contribution in [3.63, 3.8) is 0 Å². The zero-order valence-electron chi connectivity index (χ0n) is 14.0. The van der Waals surface area contributed by atoms with Gasteiger partial charge >= 0.3 is 0 Å². The summed E-state index contributed by atoms with van der Waals surface area (Å²) in [5.74, 6) is 2.20. The monoisotopic (exact) mass is 438 g/mol. The molecule has 25 heavy (non-hydrogen) atoms. The second-order valence-electron chi connectivity index (χ2n) is 6.06. The number of hydrogen-bond acceptors (Lipinski definition) is 3. The largest absolute Gasteiger partial charge is 0.322 e. The molecule has 0 atom stereocenters. The van der Waals surface area contributed by atoms with Crippen LogP contribution in [0.1, 0.15) is 21.5 Å². The summed E-state index contributed by atoms with van der Waals surface area (Å²) < 4.78 is 0.854. The molecule has 6 heteroatoms. The van der Waals surface area contributed by atoms with Gasteiger partial charge in [0.2, 0.25) is 0 Å². The van der Waals surface area contributed by atoms with Crippen LogP contribution in [0.15, 0.2) is 40.9 Å². The maximum absolute atomic E-state index is 12.6. The number of rotatable bonds is 4. The third kappa shape index (κ3) is 4.79. The fourth-order valence-corrected chi connectivity index (χ4v) is 4.59. The summed E-state index contributed by atoms with van der Waals surface area (Å²) in [6.45, 7) is 5.23. The Hall–Kier alpha value is -1.01. The number of anilines is 1. The second kappa shape index (κ2) is 8.58. The van der Waals surface area contributed by atoms with Gasteiger partial charge in [0.15, 0.2) is 0 Å². The molecular weight excluding hydrogens is 420 g/mol. The van der Waals surface area contributed by atoms with E-state index in [1.807, 2.05) is 30.0 Å². The highest BCUT2D eigenvalue weighted by Gasteiger charge is 2.15. The maximum atomic E-state index is 12.6. The highest BCUT2D eigenvalue weighted by Crippen LogP contribution is 2.25. The number of carbonyl (C=O) groups excluding carboxylic acids is 1. The van der Waals surface area contributed by atoms with Crippen molar-refractivity contribution in [2.24, 2.45) is 0 Å². The van der Waals surface area contributed by atoms with E-state index in [0.29, 0.717) is 10.6 Å². The molecule has 0 bridgehead atoms. The Kier molecular flexibility index (Phi) is 6.44. The van der Waals surface area contributed by atoms with Crippen molar-refractivity contribution in [3.8, 4) is 0 Å². The highest BCUT2D eigenvalue weighted by atomic mass is 79.9. The zero-order chi connectivity index (χ0) is 17.8. The Balaban J connectivity index is 1.76. The lowest BCUT2D eigenvalue weighted by Gasteiger charge is -2.27. The Bertz CT molecular complexity index is 778. The lowest BCUT2D eigenvalue weighted by atomic mass is 10.1. The van der Waals surface area contributed by atoms with Gasteiger partial charge in [0.05, 0.1) is 10.6 Å². The molecule has 0 aromatic heterocycles. The van der Waals surface area contributed by atoms with E-state index in [4.69, 9.17) is 11.6 Å². The smallest absolute Gasteiger partial charge is 0.257 e. The third-order valence-corrected chi connectivity index (χ3v) is 6.12. The Morgan fingerprint density at radius 1 is 1.28 bits per heavy atom. The summed E-state index contributed by atoms with van der Waals surface area (Å²) in [5.41, 5.74) is 3.68. The van der Waals surface area contributed by atoms with Crippen molar-refractivity contribution in [1.82, 2.24) is 4.90 Å². The van der Waals surface area contributed by atoms with Crippen LogP contribution in [-0.4, -0.2) is 35.4 Å². The minimum atomic E-state index is -0.188. The normalized spacial score (nSPS) is 15.2. The number of hydrogen-bond donors (Lipinski definition) is 1. The van der Waals surface area contributed by atoms with E-state index in [0.717, 1.165) is 35.4 Å². The quantitative estimate of drug-likeness (QED) is 0.709. The van der Waals surface area contributed by atoms with Crippen LogP contribution in [0.5, 0.6) is 0 Å². The molecule has 0 radical (unpaired) electrons. The van der Waals surface area contributed by atoms with Crippen LogP contribution in [0, 0.1) is 6.92 Å². The van der Waals surface area contributed by atoms with Gasteiger partial charge in [-0.3, -0.25) is 9.69 Å². The lowest BCUT2D eigenvalue weighted by molar-refractivity contribution is 0.102. The SMILES string of the molecule is Cc1c(CN2CCSCC2)cccc1NC(=O)c1ccc(Br)cc1Cl. The van der Waals surface area contributed by atoms with E-state index >= 15 is 0 Å². The molecule has 0 unspecified atom stereocenters. The predicted octanol–water partition coefficient (Wildman–Crippen LogP) is 5.21. The van der Waals surface area contributed by atoms with Gasteiger partial charge in [0.25, 0.3) is 5.91 Å². The number of benzene rings is 2. The number of amides is 1. The molecule has 132 valence electrons. The summed E-state index contributed by atoms with van der Waals surface area (Å²) in [6, 6.07) is 11.4. The van der Waals surface area contributed by atoms with Crippen molar-refractivity contribution >= 4 is 50.9 Å². The van der Waals surface area contributed by atoms with Crippen molar-refractivity contribution in [3.05, 3.63) is 62.6 Å². The zero-order valence-corrected chi connectivity index (χ0v) is 17.2. The third-order valence-electron chi connectivity index (χ3n) is 4.37. The average Bonchev–Trinajstić information content (AvgIpc) is 2.59. The van der Waals surface area contributed by atoms with E-state index in [1.54, 1.807) is 12.1 Å². The average molecular weight is 440 g/mol. The van der Waals surface area contributed by atoms with Gasteiger partial charge in [-0.15, -0.1) is 0 Å². The molecule has 1 heterocycles. The molecular formula is C19H20BrClN2OS. The summed E-state index contributed by atoms with van der Waals surface area (Å²) in [4.78, 5) is 15.0. The maximum Gasteiger partial charge on any atom is 0.257 e. The first kappa shape index (κ1) is 18.8. The fraction of sp³-hybridized carbons (Fsp3) is 0.316. The Labute approximate surface area is 166 Å². The van der Waals surface area contributed by atoms with Gasteiger partial charge in [0, 0.05) is 41.3 Å². The number of nitrogens with zero attached hydrogens (tertiary/aromatic N) is 1. The lowest BCUT2D eigenvalue weighted by Crippen LogP contribution is -2.32. The summed E-state index contributed by atoms with van der Waals surface area (Å²) in [7, 11) is 0. The number of nitrogens with one attached hydrogen (secondary N) is 1. The van der Waals surface area contributed by atoms with Crippen molar-refractivity contribution in [2.45, 2.75) is 13.5 Å². The van der Waals surface area contributed by atoms with Crippen LogP contribution in [0.4, 0.5) is 5.69 Å². The Morgan fingerprint density at radius 2 is 2.04 bits per heavy atom. The number of halogens is 2. The summed E-state index contributed by atoms with van der Waals surface area (Å²) in [5, 5.41) is 3.44. The van der Waals surface area contributed by atoms with E-state index < -0.39 is 0 Å². The molecule has 2 aromatic rings. The van der Waals surface area contributed by atoms with Crippen LogP contribution in [0.2, 0.25) is 5.02 Å². The first-order chi connectivity index (χ1) is 12.0. The minimum Gasteiger partial charge on any atom is -0.322 e. The molecule has 1 saturated heterocycles. The number of thioether (sulfide) groups is 1. The van der Waals surface area contributed by atoms with Crippen LogP contribution < -0.4 is 5.32 Å². The second-order valence-corrected chi connectivity index (χ2v) is 8.60. The van der Waals surface area contributed by atoms with Crippen LogP contribution in [-0.2, 0) is 6.54 Å². The minimum absolute atomic E-state index is 0.188. The topological polar surface area (TPSA) is 32.3 Å². The first-order valence-corrected chi connectivity index (χ1v) is 10.5. The van der Waals surface area contributed by atoms with E-state index in [1.165, 1.54) is 17.1 Å². The molecule has 3 rings (SSSR count). The first-order valence-electron chi connectivity index (χ1n) is 8.19. The van der Waals surface area contributed by atoms with Crippen LogP contribution in [0.3, 0.4) is 0 Å². The van der Waals surface area contributed by atoms with Crippen molar-refractivity contribution in [1.29, 1.82) is 0 Å². The molecule has 1 aliphatic heterocycles. The van der Waals surface area contributed by atoms with Gasteiger partial charge in [0.1, 0.15) is 0 Å². The van der Waals surface area contributed by atoms with E-state index in [9.17, 15) is 4.79 Å². The van der Waals surface area contributed by atoms with Crippen molar-refractivity contribution in [2.75, 3.05) is 29.9 Å². The number of carbonyl (C=O) groups is 1. The fourth-order valence-electron chi connectivity index (χ4n) is 2.85. The van der Waals surface area contributed by atoms with E-state index in [2.05, 4.69) is 39.1 Å².